The second-order valence-corrected chi connectivity index (χ2v) is 8.91. The number of rotatable bonds is 4. The molecule has 24 heavy (non-hydrogen) atoms. The van der Waals surface area contributed by atoms with Crippen molar-refractivity contribution in [2.45, 2.75) is 85.7 Å². The van der Waals surface area contributed by atoms with Gasteiger partial charge in [-0.1, -0.05) is 68.2 Å². The van der Waals surface area contributed by atoms with Crippen LogP contribution in [0, 0.1) is 0 Å². The quantitative estimate of drug-likeness (QED) is 0.678. The second kappa shape index (κ2) is 9.60. The van der Waals surface area contributed by atoms with Crippen LogP contribution in [0.2, 0.25) is 0 Å². The van der Waals surface area contributed by atoms with E-state index >= 15 is 0 Å². The Bertz CT molecular complexity index is 502. The van der Waals surface area contributed by atoms with Gasteiger partial charge >= 0.3 is 8.25 Å². The number of benzene rings is 1. The third kappa shape index (κ3) is 7.83. The van der Waals surface area contributed by atoms with Crippen LogP contribution in [0.25, 0.3) is 0 Å². The minimum atomic E-state index is -2.95. The molecular formula is C19H35O4P. The standard InChI is InChI=1S/C15H25O4P.C4H10/c1-14(2,3)11-7-10(9-19-20(17)18)8-12(13(11)16)15(4,5)6;1-3-4-2/h7-8,16,20H,9H2,1-6H3,(H,17,18);3-4H2,1-2H3. The molecule has 0 radical (unpaired) electrons. The first kappa shape index (κ1) is 23.2. The molecule has 0 aromatic heterocycles. The molecule has 5 heteroatoms. The normalized spacial score (nSPS) is 13.2. The molecule has 1 unspecified atom stereocenters. The Kier molecular flexibility index (Phi) is 9.27. The number of phenols is 1. The van der Waals surface area contributed by atoms with E-state index in [4.69, 9.17) is 9.42 Å². The summed E-state index contributed by atoms with van der Waals surface area (Å²) in [7, 11) is -2.95. The Morgan fingerprint density at radius 3 is 1.58 bits per heavy atom. The van der Waals surface area contributed by atoms with Gasteiger partial charge in [-0.2, -0.15) is 0 Å². The molecule has 0 bridgehead atoms. The highest BCUT2D eigenvalue weighted by Crippen LogP contribution is 2.40. The monoisotopic (exact) mass is 358 g/mol. The third-order valence-electron chi connectivity index (χ3n) is 3.65. The van der Waals surface area contributed by atoms with E-state index in [1.807, 2.05) is 53.7 Å². The van der Waals surface area contributed by atoms with E-state index < -0.39 is 8.25 Å². The van der Waals surface area contributed by atoms with E-state index in [0.29, 0.717) is 5.75 Å². The highest BCUT2D eigenvalue weighted by Gasteiger charge is 2.26. The lowest BCUT2D eigenvalue weighted by atomic mass is 9.78. The highest BCUT2D eigenvalue weighted by atomic mass is 31.1. The Hall–Kier alpha value is -0.830. The molecule has 4 nitrogen and oxygen atoms in total. The summed E-state index contributed by atoms with van der Waals surface area (Å²) >= 11 is 0. The first-order valence-corrected chi connectivity index (χ1v) is 9.83. The van der Waals surface area contributed by atoms with Crippen LogP contribution in [-0.2, 0) is 26.5 Å². The fraction of sp³-hybridized carbons (Fsp3) is 0.684. The lowest BCUT2D eigenvalue weighted by molar-refractivity contribution is 0.272. The minimum absolute atomic E-state index is 0.0702. The minimum Gasteiger partial charge on any atom is -0.507 e. The molecular weight excluding hydrogens is 323 g/mol. The molecule has 1 rings (SSSR count). The Morgan fingerprint density at radius 1 is 0.958 bits per heavy atom. The van der Waals surface area contributed by atoms with Crippen molar-refractivity contribution in [2.24, 2.45) is 0 Å². The number of aromatic hydroxyl groups is 1. The van der Waals surface area contributed by atoms with Crippen molar-refractivity contribution in [1.29, 1.82) is 0 Å². The van der Waals surface area contributed by atoms with Crippen molar-refractivity contribution >= 4 is 8.25 Å². The van der Waals surface area contributed by atoms with Crippen LogP contribution in [0.5, 0.6) is 5.75 Å². The first-order chi connectivity index (χ1) is 10.8. The summed E-state index contributed by atoms with van der Waals surface area (Å²) in [5, 5.41) is 10.5. The zero-order chi connectivity index (χ0) is 19.1. The molecule has 1 aromatic carbocycles. The van der Waals surface area contributed by atoms with E-state index in [1.54, 1.807) is 0 Å². The van der Waals surface area contributed by atoms with E-state index in [9.17, 15) is 9.67 Å². The maximum Gasteiger partial charge on any atom is 0.316 e. The highest BCUT2D eigenvalue weighted by molar-refractivity contribution is 7.32. The summed E-state index contributed by atoms with van der Waals surface area (Å²) in [5.74, 6) is 0.297. The lowest BCUT2D eigenvalue weighted by Gasteiger charge is -2.28. The molecule has 0 aliphatic carbocycles. The van der Waals surface area contributed by atoms with Gasteiger partial charge in [-0.25, -0.2) is 0 Å². The van der Waals surface area contributed by atoms with E-state index in [-0.39, 0.29) is 17.4 Å². The molecule has 0 aliphatic heterocycles. The van der Waals surface area contributed by atoms with Gasteiger partial charge in [-0.15, -0.1) is 0 Å². The molecule has 140 valence electrons. The van der Waals surface area contributed by atoms with Gasteiger partial charge in [-0.3, -0.25) is 4.57 Å². The smallest absolute Gasteiger partial charge is 0.316 e. The van der Waals surface area contributed by atoms with Crippen molar-refractivity contribution in [3.63, 3.8) is 0 Å². The van der Waals surface area contributed by atoms with Crippen LogP contribution in [0.15, 0.2) is 12.1 Å². The largest absolute Gasteiger partial charge is 0.507 e. The zero-order valence-electron chi connectivity index (χ0n) is 16.5. The predicted molar refractivity (Wildman–Crippen MR) is 102 cm³/mol. The van der Waals surface area contributed by atoms with Gasteiger partial charge in [0.1, 0.15) is 5.75 Å². The van der Waals surface area contributed by atoms with Gasteiger partial charge in [0.25, 0.3) is 0 Å². The fourth-order valence-corrected chi connectivity index (χ4v) is 2.36. The summed E-state index contributed by atoms with van der Waals surface area (Å²) in [6.45, 7) is 16.6. The van der Waals surface area contributed by atoms with Crippen LogP contribution < -0.4 is 0 Å². The van der Waals surface area contributed by atoms with Gasteiger partial charge in [0, 0.05) is 0 Å². The molecule has 1 atom stereocenters. The SMILES string of the molecule is CC(C)(C)c1cc(CO[PH](=O)O)cc(C(C)(C)C)c1O.CCCC. The second-order valence-electron chi connectivity index (χ2n) is 8.09. The summed E-state index contributed by atoms with van der Waals surface area (Å²) in [6, 6.07) is 3.69. The van der Waals surface area contributed by atoms with Crippen LogP contribution in [-0.4, -0.2) is 10.00 Å². The topological polar surface area (TPSA) is 66.8 Å². The number of phenolic OH excluding ortho intramolecular Hbond substituents is 1. The Morgan fingerprint density at radius 2 is 1.33 bits per heavy atom. The van der Waals surface area contributed by atoms with Crippen molar-refractivity contribution in [3.8, 4) is 5.75 Å². The summed E-state index contributed by atoms with van der Waals surface area (Å²) in [4.78, 5) is 8.80. The first-order valence-electron chi connectivity index (χ1n) is 8.57. The summed E-state index contributed by atoms with van der Waals surface area (Å²) in [6.07, 6.45) is 2.64. The van der Waals surface area contributed by atoms with Crippen molar-refractivity contribution < 1.29 is 19.1 Å². The number of hydrogen-bond donors (Lipinski definition) is 2. The lowest BCUT2D eigenvalue weighted by Crippen LogP contribution is -2.18. The van der Waals surface area contributed by atoms with E-state index in [0.717, 1.165) is 16.7 Å². The molecule has 0 spiro atoms. The Balaban J connectivity index is 0.00000118. The van der Waals surface area contributed by atoms with Gasteiger partial charge in [0.15, 0.2) is 0 Å². The van der Waals surface area contributed by atoms with Crippen molar-refractivity contribution in [2.75, 3.05) is 0 Å². The third-order valence-corrected chi connectivity index (χ3v) is 4.04. The van der Waals surface area contributed by atoms with Gasteiger partial charge < -0.3 is 14.5 Å². The Labute approximate surface area is 148 Å². The molecule has 0 saturated carbocycles. The van der Waals surface area contributed by atoms with E-state index in [2.05, 4.69) is 13.8 Å². The molecule has 0 fully saturated rings. The van der Waals surface area contributed by atoms with Crippen LogP contribution >= 0.6 is 8.25 Å². The number of unbranched alkanes of at least 4 members (excludes halogenated alkanes) is 1. The maximum absolute atomic E-state index is 10.7. The van der Waals surface area contributed by atoms with Crippen LogP contribution in [0.1, 0.15) is 84.9 Å². The average molecular weight is 358 g/mol. The summed E-state index contributed by atoms with van der Waals surface area (Å²) in [5.41, 5.74) is 2.00. The van der Waals surface area contributed by atoms with Gasteiger partial charge in [0.2, 0.25) is 0 Å². The van der Waals surface area contributed by atoms with Crippen molar-refractivity contribution in [1.82, 2.24) is 0 Å². The molecule has 2 N–H and O–H groups in total. The molecule has 1 aromatic rings. The summed E-state index contributed by atoms with van der Waals surface area (Å²) < 4.78 is 15.5. The fourth-order valence-electron chi connectivity index (χ4n) is 2.07. The zero-order valence-corrected chi connectivity index (χ0v) is 17.5. The van der Waals surface area contributed by atoms with Gasteiger partial charge in [-0.05, 0) is 39.7 Å². The molecule has 0 heterocycles. The van der Waals surface area contributed by atoms with Gasteiger partial charge in [0.05, 0.1) is 6.61 Å². The molecule has 0 aliphatic rings. The maximum atomic E-state index is 10.7. The predicted octanol–water partition coefficient (Wildman–Crippen LogP) is 5.69. The average Bonchev–Trinajstić information content (AvgIpc) is 2.43. The van der Waals surface area contributed by atoms with Crippen LogP contribution in [0.4, 0.5) is 0 Å². The number of hydrogen-bond acceptors (Lipinski definition) is 3. The molecule has 0 saturated heterocycles. The molecule has 0 amide bonds. The van der Waals surface area contributed by atoms with Crippen molar-refractivity contribution in [3.05, 3.63) is 28.8 Å². The van der Waals surface area contributed by atoms with E-state index in [1.165, 1.54) is 12.8 Å². The van der Waals surface area contributed by atoms with Crippen LogP contribution in [0.3, 0.4) is 0 Å².